The molecule has 18 heavy (non-hydrogen) atoms. The predicted molar refractivity (Wildman–Crippen MR) is 63.5 cm³/mol. The van der Waals surface area contributed by atoms with Crippen molar-refractivity contribution in [2.45, 2.75) is 13.5 Å². The van der Waals surface area contributed by atoms with Gasteiger partial charge in [-0.3, -0.25) is 4.79 Å². The van der Waals surface area contributed by atoms with E-state index in [0.29, 0.717) is 12.2 Å². The van der Waals surface area contributed by atoms with Crippen LogP contribution in [0.5, 0.6) is 0 Å². The van der Waals surface area contributed by atoms with E-state index in [-0.39, 0.29) is 11.7 Å². The van der Waals surface area contributed by atoms with E-state index in [9.17, 15) is 9.18 Å². The number of nitrogens with zero attached hydrogens (tertiary/aromatic N) is 4. The van der Waals surface area contributed by atoms with Crippen LogP contribution in [0.25, 0.3) is 5.69 Å². The van der Waals surface area contributed by atoms with Gasteiger partial charge in [0.25, 0.3) is 0 Å². The summed E-state index contributed by atoms with van der Waals surface area (Å²) in [5.74, 6) is -0.332. The van der Waals surface area contributed by atoms with E-state index in [1.165, 1.54) is 19.1 Å². The Balaban J connectivity index is 2.15. The molecule has 0 radical (unpaired) electrons. The standard InChI is InChI=1S/C12H13FN4O/c1-9(18)16(2)7-11-8-17(15-14-11)12-5-3-10(13)4-6-12/h3-6,8H,7H2,1-2H3. The molecule has 0 saturated heterocycles. The van der Waals surface area contributed by atoms with E-state index in [2.05, 4.69) is 10.3 Å². The molecule has 0 spiro atoms. The van der Waals surface area contributed by atoms with Gasteiger partial charge in [0.15, 0.2) is 0 Å². The number of carbonyl (C=O) groups excluding carboxylic acids is 1. The van der Waals surface area contributed by atoms with E-state index in [4.69, 9.17) is 0 Å². The second kappa shape index (κ2) is 4.95. The molecule has 0 saturated carbocycles. The third-order valence-electron chi connectivity index (χ3n) is 2.57. The lowest BCUT2D eigenvalue weighted by Crippen LogP contribution is -2.23. The second-order valence-corrected chi connectivity index (χ2v) is 4.01. The van der Waals surface area contributed by atoms with Crippen molar-refractivity contribution in [3.05, 3.63) is 42.0 Å². The van der Waals surface area contributed by atoms with Gasteiger partial charge < -0.3 is 4.90 Å². The van der Waals surface area contributed by atoms with Gasteiger partial charge in [-0.1, -0.05) is 5.21 Å². The second-order valence-electron chi connectivity index (χ2n) is 4.01. The van der Waals surface area contributed by atoms with E-state index in [0.717, 1.165) is 5.69 Å². The Morgan fingerprint density at radius 3 is 2.67 bits per heavy atom. The largest absolute Gasteiger partial charge is 0.340 e. The Morgan fingerprint density at radius 2 is 2.06 bits per heavy atom. The quantitative estimate of drug-likeness (QED) is 0.824. The topological polar surface area (TPSA) is 51.0 Å². The summed E-state index contributed by atoms with van der Waals surface area (Å²) in [6, 6.07) is 5.95. The van der Waals surface area contributed by atoms with Crippen LogP contribution < -0.4 is 0 Å². The summed E-state index contributed by atoms with van der Waals surface area (Å²) in [7, 11) is 1.69. The maximum atomic E-state index is 12.8. The molecule has 0 bridgehead atoms. The van der Waals surface area contributed by atoms with Crippen molar-refractivity contribution in [2.24, 2.45) is 0 Å². The van der Waals surface area contributed by atoms with Crippen LogP contribution in [0.15, 0.2) is 30.5 Å². The highest BCUT2D eigenvalue weighted by molar-refractivity contribution is 5.72. The van der Waals surface area contributed by atoms with Crippen LogP contribution in [0.4, 0.5) is 4.39 Å². The van der Waals surface area contributed by atoms with Crippen molar-refractivity contribution >= 4 is 5.91 Å². The van der Waals surface area contributed by atoms with Gasteiger partial charge in [0.2, 0.25) is 5.91 Å². The summed E-state index contributed by atoms with van der Waals surface area (Å²) in [5, 5.41) is 7.90. The normalized spacial score (nSPS) is 10.4. The Kier molecular flexibility index (Phi) is 3.36. The first-order valence-corrected chi connectivity index (χ1v) is 5.45. The van der Waals surface area contributed by atoms with Crippen LogP contribution >= 0.6 is 0 Å². The Bertz CT molecular complexity index is 549. The number of hydrogen-bond donors (Lipinski definition) is 0. The molecule has 0 unspecified atom stereocenters. The third kappa shape index (κ3) is 2.71. The van der Waals surface area contributed by atoms with E-state index in [1.807, 2.05) is 0 Å². The lowest BCUT2D eigenvalue weighted by molar-refractivity contribution is -0.128. The molecule has 0 fully saturated rings. The minimum atomic E-state index is -0.296. The van der Waals surface area contributed by atoms with Gasteiger partial charge in [-0.25, -0.2) is 9.07 Å². The number of hydrogen-bond acceptors (Lipinski definition) is 3. The molecule has 0 aliphatic heterocycles. The lowest BCUT2D eigenvalue weighted by atomic mass is 10.3. The predicted octanol–water partition coefficient (Wildman–Crippen LogP) is 1.38. The van der Waals surface area contributed by atoms with Crippen molar-refractivity contribution in [1.29, 1.82) is 0 Å². The zero-order valence-corrected chi connectivity index (χ0v) is 10.2. The SMILES string of the molecule is CC(=O)N(C)Cc1cn(-c2ccc(F)cc2)nn1. The molecular formula is C12H13FN4O. The number of amides is 1. The van der Waals surface area contributed by atoms with Crippen molar-refractivity contribution in [1.82, 2.24) is 19.9 Å². The monoisotopic (exact) mass is 248 g/mol. The number of benzene rings is 1. The summed E-state index contributed by atoms with van der Waals surface area (Å²) >= 11 is 0. The minimum Gasteiger partial charge on any atom is -0.340 e. The van der Waals surface area contributed by atoms with Crippen LogP contribution in [-0.4, -0.2) is 32.8 Å². The molecule has 94 valence electrons. The fraction of sp³-hybridized carbons (Fsp3) is 0.250. The molecule has 1 amide bonds. The Labute approximate surface area is 104 Å². The number of aromatic nitrogens is 3. The maximum absolute atomic E-state index is 12.8. The Hall–Kier alpha value is -2.24. The van der Waals surface area contributed by atoms with Crippen molar-refractivity contribution in [2.75, 3.05) is 7.05 Å². The number of halogens is 1. The molecule has 1 aromatic carbocycles. The summed E-state index contributed by atoms with van der Waals surface area (Å²) in [6.45, 7) is 1.89. The molecule has 6 heteroatoms. The van der Waals surface area contributed by atoms with Crippen LogP contribution in [0.1, 0.15) is 12.6 Å². The summed E-state index contributed by atoms with van der Waals surface area (Å²) in [5.41, 5.74) is 1.40. The van der Waals surface area contributed by atoms with Crippen LogP contribution in [-0.2, 0) is 11.3 Å². The highest BCUT2D eigenvalue weighted by Gasteiger charge is 2.07. The summed E-state index contributed by atoms with van der Waals surface area (Å²) in [6.07, 6.45) is 1.71. The van der Waals surface area contributed by atoms with Gasteiger partial charge in [0.1, 0.15) is 11.5 Å². The molecule has 5 nitrogen and oxygen atoms in total. The molecule has 1 heterocycles. The zero-order chi connectivity index (χ0) is 13.1. The first-order valence-electron chi connectivity index (χ1n) is 5.45. The molecule has 0 atom stereocenters. The highest BCUT2D eigenvalue weighted by Crippen LogP contribution is 2.08. The number of carbonyl (C=O) groups is 1. The molecule has 0 aliphatic carbocycles. The first-order chi connectivity index (χ1) is 8.56. The molecule has 0 N–H and O–H groups in total. The third-order valence-corrected chi connectivity index (χ3v) is 2.57. The molecule has 2 aromatic rings. The average molecular weight is 248 g/mol. The van der Waals surface area contributed by atoms with Crippen molar-refractivity contribution in [3.63, 3.8) is 0 Å². The highest BCUT2D eigenvalue weighted by atomic mass is 19.1. The summed E-state index contributed by atoms with van der Waals surface area (Å²) < 4.78 is 14.3. The number of rotatable bonds is 3. The van der Waals surface area contributed by atoms with Gasteiger partial charge in [-0.15, -0.1) is 5.10 Å². The van der Waals surface area contributed by atoms with E-state index in [1.54, 1.807) is 35.0 Å². The van der Waals surface area contributed by atoms with E-state index < -0.39 is 0 Å². The smallest absolute Gasteiger partial charge is 0.219 e. The fourth-order valence-corrected chi connectivity index (χ4v) is 1.45. The van der Waals surface area contributed by atoms with Gasteiger partial charge in [0.05, 0.1) is 18.4 Å². The molecule has 2 rings (SSSR count). The maximum Gasteiger partial charge on any atom is 0.219 e. The van der Waals surface area contributed by atoms with E-state index >= 15 is 0 Å². The fourth-order valence-electron chi connectivity index (χ4n) is 1.45. The lowest BCUT2D eigenvalue weighted by Gasteiger charge is -2.11. The average Bonchev–Trinajstić information content (AvgIpc) is 2.78. The molecular weight excluding hydrogens is 235 g/mol. The zero-order valence-electron chi connectivity index (χ0n) is 10.2. The van der Waals surface area contributed by atoms with Crippen molar-refractivity contribution < 1.29 is 9.18 Å². The van der Waals surface area contributed by atoms with Gasteiger partial charge in [-0.2, -0.15) is 0 Å². The van der Waals surface area contributed by atoms with Crippen LogP contribution in [0.3, 0.4) is 0 Å². The van der Waals surface area contributed by atoms with Gasteiger partial charge >= 0.3 is 0 Å². The molecule has 0 aliphatic rings. The van der Waals surface area contributed by atoms with Crippen LogP contribution in [0.2, 0.25) is 0 Å². The van der Waals surface area contributed by atoms with Crippen LogP contribution in [0, 0.1) is 5.82 Å². The summed E-state index contributed by atoms with van der Waals surface area (Å²) in [4.78, 5) is 12.6. The van der Waals surface area contributed by atoms with Crippen molar-refractivity contribution in [3.8, 4) is 5.69 Å². The van der Waals surface area contributed by atoms with Gasteiger partial charge in [0, 0.05) is 14.0 Å². The first kappa shape index (κ1) is 12.2. The Morgan fingerprint density at radius 1 is 1.39 bits per heavy atom. The minimum absolute atomic E-state index is 0.0358. The molecule has 1 aromatic heterocycles. The van der Waals surface area contributed by atoms with Gasteiger partial charge in [-0.05, 0) is 24.3 Å².